The number of halogens is 5. The molecule has 0 aliphatic heterocycles. The average Bonchev–Trinajstić information content (AvgIpc) is 2.26. The van der Waals surface area contributed by atoms with E-state index < -0.39 is 12.6 Å². The molecule has 0 aliphatic carbocycles. The predicted octanol–water partition coefficient (Wildman–Crippen LogP) is 4.99. The Morgan fingerprint density at radius 2 is 1.94 bits per heavy atom. The zero-order chi connectivity index (χ0) is 13.8. The van der Waals surface area contributed by atoms with Gasteiger partial charge in [-0.05, 0) is 31.5 Å². The molecule has 18 heavy (non-hydrogen) atoms. The highest BCUT2D eigenvalue weighted by atomic mass is 35.5. The van der Waals surface area contributed by atoms with Crippen LogP contribution in [0.4, 0.5) is 13.2 Å². The molecule has 1 rings (SSSR count). The van der Waals surface area contributed by atoms with Gasteiger partial charge in [-0.25, -0.2) is 0 Å². The first kappa shape index (κ1) is 15.6. The maximum atomic E-state index is 12.0. The van der Waals surface area contributed by atoms with Crippen LogP contribution in [0.3, 0.4) is 0 Å². The summed E-state index contributed by atoms with van der Waals surface area (Å²) in [6.45, 7) is 2.12. The van der Waals surface area contributed by atoms with Crippen molar-refractivity contribution in [2.75, 3.05) is 6.54 Å². The normalized spacial score (nSPS) is 13.7. The van der Waals surface area contributed by atoms with E-state index in [9.17, 15) is 13.2 Å². The van der Waals surface area contributed by atoms with Gasteiger partial charge in [0.15, 0.2) is 0 Å². The summed E-state index contributed by atoms with van der Waals surface area (Å²) in [5.41, 5.74) is 0.788. The molecule has 1 N–H and O–H groups in total. The highest BCUT2D eigenvalue weighted by Crippen LogP contribution is 2.29. The maximum absolute atomic E-state index is 12.0. The smallest absolute Gasteiger partial charge is 0.310 e. The molecule has 1 nitrogen and oxygen atoms in total. The van der Waals surface area contributed by atoms with Gasteiger partial charge < -0.3 is 5.32 Å². The van der Waals surface area contributed by atoms with E-state index in [0.717, 1.165) is 5.56 Å². The van der Waals surface area contributed by atoms with Gasteiger partial charge in [0.25, 0.3) is 0 Å². The molecule has 0 radical (unpaired) electrons. The molecule has 0 saturated heterocycles. The molecule has 0 spiro atoms. The van der Waals surface area contributed by atoms with Gasteiger partial charge in [-0.3, -0.25) is 0 Å². The van der Waals surface area contributed by atoms with Crippen LogP contribution in [-0.4, -0.2) is 12.7 Å². The highest BCUT2D eigenvalue weighted by Gasteiger charge is 2.26. The van der Waals surface area contributed by atoms with Crippen LogP contribution < -0.4 is 5.32 Å². The SMILES string of the molecule is CC(NCCCC(F)(F)F)c1cccc(Cl)c1Cl. The largest absolute Gasteiger partial charge is 0.389 e. The van der Waals surface area contributed by atoms with Crippen LogP contribution in [-0.2, 0) is 0 Å². The lowest BCUT2D eigenvalue weighted by molar-refractivity contribution is -0.135. The molecule has 0 aromatic heterocycles. The standard InChI is InChI=1S/C12H14Cl2F3N/c1-8(18-7-3-6-12(15,16)17)9-4-2-5-10(13)11(9)14/h2,4-5,8,18H,3,6-7H2,1H3. The lowest BCUT2D eigenvalue weighted by Crippen LogP contribution is -2.21. The fraction of sp³-hybridized carbons (Fsp3) is 0.500. The summed E-state index contributed by atoms with van der Waals surface area (Å²) in [5, 5.41) is 3.88. The number of hydrogen-bond donors (Lipinski definition) is 1. The lowest BCUT2D eigenvalue weighted by Gasteiger charge is -2.16. The molecule has 0 bridgehead atoms. The third-order valence-corrected chi connectivity index (χ3v) is 3.37. The van der Waals surface area contributed by atoms with Crippen LogP contribution in [0.25, 0.3) is 0 Å². The van der Waals surface area contributed by atoms with Crippen molar-refractivity contribution >= 4 is 23.2 Å². The number of alkyl halides is 3. The van der Waals surface area contributed by atoms with E-state index in [2.05, 4.69) is 5.32 Å². The molecule has 0 amide bonds. The topological polar surface area (TPSA) is 12.0 Å². The molecule has 102 valence electrons. The van der Waals surface area contributed by atoms with E-state index in [1.807, 2.05) is 6.92 Å². The quantitative estimate of drug-likeness (QED) is 0.756. The van der Waals surface area contributed by atoms with Crippen molar-refractivity contribution in [2.45, 2.75) is 32.0 Å². The first-order valence-corrected chi connectivity index (χ1v) is 6.31. The first-order valence-electron chi connectivity index (χ1n) is 5.55. The summed E-state index contributed by atoms with van der Waals surface area (Å²) in [4.78, 5) is 0. The summed E-state index contributed by atoms with van der Waals surface area (Å²) in [6, 6.07) is 5.10. The second kappa shape index (κ2) is 6.64. The van der Waals surface area contributed by atoms with Gasteiger partial charge >= 0.3 is 6.18 Å². The molecule has 1 aromatic rings. The minimum atomic E-state index is -4.10. The van der Waals surface area contributed by atoms with E-state index in [0.29, 0.717) is 10.0 Å². The van der Waals surface area contributed by atoms with E-state index >= 15 is 0 Å². The minimum absolute atomic E-state index is 0.0476. The molecule has 6 heteroatoms. The summed E-state index contributed by atoms with van der Waals surface area (Å²) >= 11 is 11.9. The Morgan fingerprint density at radius 1 is 1.28 bits per heavy atom. The number of hydrogen-bond acceptors (Lipinski definition) is 1. The summed E-state index contributed by atoms with van der Waals surface area (Å²) < 4.78 is 35.9. The van der Waals surface area contributed by atoms with Crippen LogP contribution >= 0.6 is 23.2 Å². The third kappa shape index (κ3) is 5.04. The number of nitrogens with one attached hydrogen (secondary N) is 1. The molecule has 1 aromatic carbocycles. The van der Waals surface area contributed by atoms with E-state index in [-0.39, 0.29) is 19.0 Å². The van der Waals surface area contributed by atoms with Gasteiger partial charge in [0.2, 0.25) is 0 Å². The van der Waals surface area contributed by atoms with Crippen LogP contribution in [0, 0.1) is 0 Å². The van der Waals surface area contributed by atoms with Gasteiger partial charge in [-0.2, -0.15) is 13.2 Å². The van der Waals surface area contributed by atoms with Crippen molar-refractivity contribution in [3.8, 4) is 0 Å². The second-order valence-corrected chi connectivity index (χ2v) is 4.82. The summed E-state index contributed by atoms with van der Waals surface area (Å²) in [6.07, 6.45) is -4.83. The van der Waals surface area contributed by atoms with Crippen molar-refractivity contribution in [3.63, 3.8) is 0 Å². The molecule has 1 unspecified atom stereocenters. The van der Waals surface area contributed by atoms with E-state index in [1.165, 1.54) is 0 Å². The van der Waals surface area contributed by atoms with Crippen LogP contribution in [0.15, 0.2) is 18.2 Å². The fourth-order valence-corrected chi connectivity index (χ4v) is 2.04. The zero-order valence-electron chi connectivity index (χ0n) is 9.82. The Bertz CT molecular complexity index is 393. The van der Waals surface area contributed by atoms with Gasteiger partial charge in [-0.1, -0.05) is 35.3 Å². The fourth-order valence-electron chi connectivity index (χ4n) is 1.57. The van der Waals surface area contributed by atoms with Crippen molar-refractivity contribution < 1.29 is 13.2 Å². The molecule has 0 heterocycles. The second-order valence-electron chi connectivity index (χ2n) is 4.04. The van der Waals surface area contributed by atoms with E-state index in [1.54, 1.807) is 18.2 Å². The Morgan fingerprint density at radius 3 is 2.56 bits per heavy atom. The highest BCUT2D eigenvalue weighted by molar-refractivity contribution is 6.42. The Hall–Kier alpha value is -0.450. The third-order valence-electron chi connectivity index (χ3n) is 2.54. The lowest BCUT2D eigenvalue weighted by atomic mass is 10.1. The average molecular weight is 300 g/mol. The Balaban J connectivity index is 2.46. The summed E-state index contributed by atoms with van der Waals surface area (Å²) in [7, 11) is 0. The van der Waals surface area contributed by atoms with Crippen molar-refractivity contribution in [1.29, 1.82) is 0 Å². The molecule has 0 aliphatic rings. The van der Waals surface area contributed by atoms with Gasteiger partial charge in [0.1, 0.15) is 0 Å². The van der Waals surface area contributed by atoms with Crippen LogP contribution in [0.1, 0.15) is 31.4 Å². The maximum Gasteiger partial charge on any atom is 0.389 e. The van der Waals surface area contributed by atoms with Gasteiger partial charge in [0.05, 0.1) is 10.0 Å². The monoisotopic (exact) mass is 299 g/mol. The molecule has 1 atom stereocenters. The van der Waals surface area contributed by atoms with Crippen molar-refractivity contribution in [1.82, 2.24) is 5.32 Å². The van der Waals surface area contributed by atoms with Crippen molar-refractivity contribution in [3.05, 3.63) is 33.8 Å². The number of benzene rings is 1. The van der Waals surface area contributed by atoms with Crippen LogP contribution in [0.5, 0.6) is 0 Å². The molecule has 0 fully saturated rings. The zero-order valence-corrected chi connectivity index (χ0v) is 11.3. The molecular formula is C12H14Cl2F3N. The number of rotatable bonds is 5. The van der Waals surface area contributed by atoms with Crippen LogP contribution in [0.2, 0.25) is 10.0 Å². The Kier molecular flexibility index (Phi) is 5.76. The predicted molar refractivity (Wildman–Crippen MR) is 68.2 cm³/mol. The van der Waals surface area contributed by atoms with E-state index in [4.69, 9.17) is 23.2 Å². The Labute approximate surface area is 114 Å². The molecular weight excluding hydrogens is 286 g/mol. The molecule has 0 saturated carbocycles. The summed E-state index contributed by atoms with van der Waals surface area (Å²) in [5.74, 6) is 0. The van der Waals surface area contributed by atoms with Gasteiger partial charge in [0, 0.05) is 12.5 Å². The van der Waals surface area contributed by atoms with Crippen molar-refractivity contribution in [2.24, 2.45) is 0 Å². The minimum Gasteiger partial charge on any atom is -0.310 e. The first-order chi connectivity index (χ1) is 8.31. The van der Waals surface area contributed by atoms with Gasteiger partial charge in [-0.15, -0.1) is 0 Å².